The van der Waals surface area contributed by atoms with Crippen molar-refractivity contribution in [3.8, 4) is 0 Å². The maximum absolute atomic E-state index is 12.0. The summed E-state index contributed by atoms with van der Waals surface area (Å²) in [5.41, 5.74) is 2.51. The molecule has 2 fully saturated rings. The van der Waals surface area contributed by atoms with Gasteiger partial charge in [0.15, 0.2) is 6.61 Å². The number of esters is 1. The van der Waals surface area contributed by atoms with Crippen LogP contribution in [0.4, 0.5) is 5.69 Å². The molecule has 0 aromatic heterocycles. The van der Waals surface area contributed by atoms with Gasteiger partial charge in [0.05, 0.1) is 10.7 Å². The van der Waals surface area contributed by atoms with E-state index in [0.717, 1.165) is 23.5 Å². The Labute approximate surface area is 147 Å². The van der Waals surface area contributed by atoms with E-state index < -0.39 is 0 Å². The van der Waals surface area contributed by atoms with Crippen molar-refractivity contribution in [2.45, 2.75) is 46.0 Å². The van der Waals surface area contributed by atoms with Crippen LogP contribution in [0.25, 0.3) is 0 Å². The molecule has 2 aliphatic carbocycles. The van der Waals surface area contributed by atoms with Gasteiger partial charge in [-0.15, -0.1) is 0 Å². The molecule has 0 unspecified atom stereocenters. The standard InChI is InChI=1S/C19H24ClNO3/c1-11-5-12(2)19(16(20)6-11)21-17(22)10-24-18(23)9-15-8-13-3-4-14(15)7-13/h5-6,13-15H,3-4,7-10H2,1-2H3,(H,21,22)/t13-,14-,15-/m1/s1. The first-order valence-corrected chi connectivity index (χ1v) is 9.02. The lowest BCUT2D eigenvalue weighted by Crippen LogP contribution is -2.23. The minimum Gasteiger partial charge on any atom is -0.456 e. The lowest BCUT2D eigenvalue weighted by molar-refractivity contribution is -0.148. The van der Waals surface area contributed by atoms with Crippen molar-refractivity contribution in [1.82, 2.24) is 0 Å². The quantitative estimate of drug-likeness (QED) is 0.808. The molecule has 0 saturated heterocycles. The number of rotatable bonds is 5. The van der Waals surface area contributed by atoms with Crippen LogP contribution >= 0.6 is 11.6 Å². The maximum Gasteiger partial charge on any atom is 0.306 e. The van der Waals surface area contributed by atoms with E-state index in [9.17, 15) is 9.59 Å². The Morgan fingerprint density at radius 1 is 1.25 bits per heavy atom. The first-order chi connectivity index (χ1) is 11.4. The fourth-order valence-electron chi connectivity index (χ4n) is 4.30. The molecule has 1 aromatic carbocycles. The first kappa shape index (κ1) is 17.3. The van der Waals surface area contributed by atoms with Crippen molar-refractivity contribution in [2.24, 2.45) is 17.8 Å². The second kappa shape index (κ2) is 7.14. The number of aryl methyl sites for hydroxylation is 2. The van der Waals surface area contributed by atoms with E-state index in [1.807, 2.05) is 19.9 Å². The molecule has 2 bridgehead atoms. The van der Waals surface area contributed by atoms with Crippen LogP contribution in [0.5, 0.6) is 0 Å². The van der Waals surface area contributed by atoms with Crippen molar-refractivity contribution in [2.75, 3.05) is 11.9 Å². The summed E-state index contributed by atoms with van der Waals surface area (Å²) in [5.74, 6) is 1.32. The predicted octanol–water partition coefficient (Wildman–Crippen LogP) is 4.26. The van der Waals surface area contributed by atoms with E-state index in [1.165, 1.54) is 19.3 Å². The first-order valence-electron chi connectivity index (χ1n) is 8.64. The highest BCUT2D eigenvalue weighted by molar-refractivity contribution is 6.34. The molecule has 0 spiro atoms. The molecule has 4 nitrogen and oxygen atoms in total. The molecule has 3 atom stereocenters. The largest absolute Gasteiger partial charge is 0.456 e. The van der Waals surface area contributed by atoms with Gasteiger partial charge in [-0.3, -0.25) is 9.59 Å². The molecule has 5 heteroatoms. The van der Waals surface area contributed by atoms with Crippen LogP contribution in [-0.2, 0) is 14.3 Å². The molecule has 0 aliphatic heterocycles. The highest BCUT2D eigenvalue weighted by Gasteiger charge is 2.40. The Hall–Kier alpha value is -1.55. The topological polar surface area (TPSA) is 55.4 Å². The Bertz CT molecular complexity index is 635. The zero-order valence-electron chi connectivity index (χ0n) is 14.2. The van der Waals surface area contributed by atoms with Gasteiger partial charge in [0.1, 0.15) is 0 Å². The third-order valence-electron chi connectivity index (χ3n) is 5.37. The molecular formula is C19H24ClNO3. The molecule has 0 radical (unpaired) electrons. The number of anilines is 1. The third-order valence-corrected chi connectivity index (χ3v) is 5.67. The number of amides is 1. The number of carbonyl (C=O) groups excluding carboxylic acids is 2. The van der Waals surface area contributed by atoms with Crippen molar-refractivity contribution < 1.29 is 14.3 Å². The zero-order chi connectivity index (χ0) is 17.3. The van der Waals surface area contributed by atoms with Gasteiger partial charge >= 0.3 is 5.97 Å². The molecule has 24 heavy (non-hydrogen) atoms. The summed E-state index contributed by atoms with van der Waals surface area (Å²) in [6, 6.07) is 3.74. The number of hydrogen-bond donors (Lipinski definition) is 1. The number of ether oxygens (including phenoxy) is 1. The average Bonchev–Trinajstić information content (AvgIpc) is 3.11. The Kier molecular flexibility index (Phi) is 5.14. The summed E-state index contributed by atoms with van der Waals surface area (Å²) in [6.45, 7) is 3.57. The molecule has 2 aliphatic rings. The average molecular weight is 350 g/mol. The van der Waals surface area contributed by atoms with Crippen molar-refractivity contribution >= 4 is 29.2 Å². The molecule has 1 amide bonds. The molecule has 130 valence electrons. The number of hydrogen-bond acceptors (Lipinski definition) is 3. The fraction of sp³-hybridized carbons (Fsp3) is 0.579. The minimum atomic E-state index is -0.356. The van der Waals surface area contributed by atoms with E-state index in [0.29, 0.717) is 29.0 Å². The van der Waals surface area contributed by atoms with Gasteiger partial charge in [0.25, 0.3) is 5.91 Å². The normalized spacial score (nSPS) is 24.9. The SMILES string of the molecule is Cc1cc(C)c(NC(=O)COC(=O)C[C@H]2C[C@@H]3CC[C@@H]2C3)c(Cl)c1. The van der Waals surface area contributed by atoms with Gasteiger partial charge in [0.2, 0.25) is 0 Å². The second-order valence-electron chi connectivity index (χ2n) is 7.29. The van der Waals surface area contributed by atoms with Gasteiger partial charge in [-0.2, -0.15) is 0 Å². The van der Waals surface area contributed by atoms with Gasteiger partial charge in [-0.05, 0) is 68.1 Å². The van der Waals surface area contributed by atoms with Crippen LogP contribution < -0.4 is 5.32 Å². The molecule has 3 rings (SSSR count). The number of nitrogens with one attached hydrogen (secondary N) is 1. The summed E-state index contributed by atoms with van der Waals surface area (Å²) in [5, 5.41) is 3.23. The summed E-state index contributed by atoms with van der Waals surface area (Å²) < 4.78 is 5.16. The zero-order valence-corrected chi connectivity index (χ0v) is 15.0. The highest BCUT2D eigenvalue weighted by Crippen LogP contribution is 2.49. The Morgan fingerprint density at radius 2 is 2.04 bits per heavy atom. The van der Waals surface area contributed by atoms with E-state index >= 15 is 0 Å². The lowest BCUT2D eigenvalue weighted by atomic mass is 9.86. The van der Waals surface area contributed by atoms with E-state index in [-0.39, 0.29) is 18.5 Å². The Morgan fingerprint density at radius 3 is 2.67 bits per heavy atom. The van der Waals surface area contributed by atoms with Crippen LogP contribution in [-0.4, -0.2) is 18.5 Å². The smallest absolute Gasteiger partial charge is 0.306 e. The van der Waals surface area contributed by atoms with E-state index in [2.05, 4.69) is 5.32 Å². The van der Waals surface area contributed by atoms with E-state index in [1.54, 1.807) is 6.07 Å². The van der Waals surface area contributed by atoms with Gasteiger partial charge in [-0.25, -0.2) is 0 Å². The number of carbonyl (C=O) groups is 2. The van der Waals surface area contributed by atoms with Crippen LogP contribution in [0.3, 0.4) is 0 Å². The minimum absolute atomic E-state index is 0.261. The van der Waals surface area contributed by atoms with Gasteiger partial charge in [0, 0.05) is 6.42 Å². The van der Waals surface area contributed by atoms with Crippen LogP contribution in [0, 0.1) is 31.6 Å². The molecule has 1 aromatic rings. The summed E-state index contributed by atoms with van der Waals surface area (Å²) >= 11 is 6.17. The molecular weight excluding hydrogens is 326 g/mol. The summed E-state index contributed by atoms with van der Waals surface area (Å²) in [7, 11) is 0. The van der Waals surface area contributed by atoms with Crippen molar-refractivity contribution in [3.63, 3.8) is 0 Å². The number of fused-ring (bicyclic) bond motifs is 2. The molecule has 2 saturated carbocycles. The molecule has 1 N–H and O–H groups in total. The van der Waals surface area contributed by atoms with Gasteiger partial charge < -0.3 is 10.1 Å². The van der Waals surface area contributed by atoms with E-state index in [4.69, 9.17) is 16.3 Å². The second-order valence-corrected chi connectivity index (χ2v) is 7.69. The predicted molar refractivity (Wildman–Crippen MR) is 94.1 cm³/mol. The van der Waals surface area contributed by atoms with Crippen LogP contribution in [0.2, 0.25) is 5.02 Å². The lowest BCUT2D eigenvalue weighted by Gasteiger charge is -2.20. The Balaban J connectivity index is 1.46. The number of halogens is 1. The van der Waals surface area contributed by atoms with Crippen LogP contribution in [0.1, 0.15) is 43.2 Å². The van der Waals surface area contributed by atoms with Crippen molar-refractivity contribution in [1.29, 1.82) is 0 Å². The fourth-order valence-corrected chi connectivity index (χ4v) is 4.66. The molecule has 0 heterocycles. The third kappa shape index (κ3) is 3.92. The van der Waals surface area contributed by atoms with Crippen molar-refractivity contribution in [3.05, 3.63) is 28.3 Å². The highest BCUT2D eigenvalue weighted by atomic mass is 35.5. The summed E-state index contributed by atoms with van der Waals surface area (Å²) in [6.07, 6.45) is 5.41. The number of benzene rings is 1. The van der Waals surface area contributed by atoms with Gasteiger partial charge in [-0.1, -0.05) is 24.1 Å². The van der Waals surface area contributed by atoms with Crippen LogP contribution in [0.15, 0.2) is 12.1 Å². The summed E-state index contributed by atoms with van der Waals surface area (Å²) in [4.78, 5) is 24.0. The maximum atomic E-state index is 12.0. The monoisotopic (exact) mass is 349 g/mol.